The monoisotopic (exact) mass is 266 g/mol. The fourth-order valence-electron chi connectivity index (χ4n) is 1.78. The first kappa shape index (κ1) is 12.6. The molecular weight excluding hydrogens is 252 g/mol. The largest absolute Gasteiger partial charge is 0.477 e. The number of rotatable bonds is 5. The van der Waals surface area contributed by atoms with Crippen molar-refractivity contribution in [1.29, 1.82) is 0 Å². The van der Waals surface area contributed by atoms with Crippen molar-refractivity contribution in [3.63, 3.8) is 0 Å². The van der Waals surface area contributed by atoms with Crippen molar-refractivity contribution < 1.29 is 9.90 Å². The number of thiazole rings is 1. The number of carboxylic acids is 1. The minimum Gasteiger partial charge on any atom is -0.477 e. The molecule has 0 aliphatic carbocycles. The number of anilines is 1. The quantitative estimate of drug-likeness (QED) is 0.858. The predicted molar refractivity (Wildman–Crippen MR) is 69.2 cm³/mol. The summed E-state index contributed by atoms with van der Waals surface area (Å²) in [5.41, 5.74) is 0.749. The first-order valence-corrected chi connectivity index (χ1v) is 6.36. The van der Waals surface area contributed by atoms with E-state index < -0.39 is 5.97 Å². The van der Waals surface area contributed by atoms with E-state index in [2.05, 4.69) is 15.4 Å². The van der Waals surface area contributed by atoms with E-state index in [9.17, 15) is 4.79 Å². The van der Waals surface area contributed by atoms with E-state index in [4.69, 9.17) is 5.11 Å². The van der Waals surface area contributed by atoms with E-state index >= 15 is 0 Å². The third-order valence-corrected chi connectivity index (χ3v) is 3.39. The molecule has 0 spiro atoms. The molecule has 0 fully saturated rings. The normalized spacial score (nSPS) is 10.6. The minimum atomic E-state index is -0.961. The van der Waals surface area contributed by atoms with Crippen LogP contribution in [0.3, 0.4) is 0 Å². The standard InChI is InChI=1S/C11H14N4O2S/c1-7-9(11(16)17)10(15(2)14-7)13-4-3-8-12-5-6-18-8/h5-6,13H,3-4H2,1-2H3,(H,16,17). The molecule has 0 aliphatic rings. The molecule has 0 amide bonds. The summed E-state index contributed by atoms with van der Waals surface area (Å²) in [7, 11) is 1.73. The van der Waals surface area contributed by atoms with Gasteiger partial charge in [-0.1, -0.05) is 0 Å². The molecule has 6 nitrogen and oxygen atoms in total. The van der Waals surface area contributed by atoms with Gasteiger partial charge in [0, 0.05) is 31.6 Å². The second-order valence-corrected chi connectivity index (χ2v) is 4.82. The van der Waals surface area contributed by atoms with Crippen LogP contribution < -0.4 is 5.32 Å². The van der Waals surface area contributed by atoms with Crippen molar-refractivity contribution in [2.24, 2.45) is 7.05 Å². The van der Waals surface area contributed by atoms with Crippen LogP contribution in [0.15, 0.2) is 11.6 Å². The summed E-state index contributed by atoms with van der Waals surface area (Å²) in [6.07, 6.45) is 2.53. The smallest absolute Gasteiger partial charge is 0.341 e. The molecule has 2 aromatic heterocycles. The topological polar surface area (TPSA) is 80.0 Å². The first-order chi connectivity index (χ1) is 8.59. The fraction of sp³-hybridized carbons (Fsp3) is 0.364. The maximum absolute atomic E-state index is 11.1. The molecular formula is C11H14N4O2S. The molecule has 7 heteroatoms. The average molecular weight is 266 g/mol. The van der Waals surface area contributed by atoms with Crippen molar-refractivity contribution in [2.75, 3.05) is 11.9 Å². The molecule has 18 heavy (non-hydrogen) atoms. The summed E-state index contributed by atoms with van der Waals surface area (Å²) in [6, 6.07) is 0. The zero-order chi connectivity index (χ0) is 13.1. The van der Waals surface area contributed by atoms with E-state index in [-0.39, 0.29) is 5.56 Å². The van der Waals surface area contributed by atoms with Gasteiger partial charge in [0.1, 0.15) is 11.4 Å². The van der Waals surface area contributed by atoms with Gasteiger partial charge >= 0.3 is 5.97 Å². The molecule has 0 saturated heterocycles. The number of aryl methyl sites for hydroxylation is 2. The molecule has 0 saturated carbocycles. The van der Waals surface area contributed by atoms with Crippen LogP contribution in [0.5, 0.6) is 0 Å². The van der Waals surface area contributed by atoms with Gasteiger partial charge in [-0.2, -0.15) is 5.10 Å². The van der Waals surface area contributed by atoms with Crippen molar-refractivity contribution in [2.45, 2.75) is 13.3 Å². The average Bonchev–Trinajstić information content (AvgIpc) is 2.87. The zero-order valence-electron chi connectivity index (χ0n) is 10.2. The molecule has 2 heterocycles. The summed E-state index contributed by atoms with van der Waals surface area (Å²) >= 11 is 1.59. The highest BCUT2D eigenvalue weighted by atomic mass is 32.1. The Morgan fingerprint density at radius 3 is 3.00 bits per heavy atom. The number of hydrogen-bond acceptors (Lipinski definition) is 5. The van der Waals surface area contributed by atoms with Gasteiger partial charge in [-0.15, -0.1) is 11.3 Å². The van der Waals surface area contributed by atoms with E-state index in [0.29, 0.717) is 18.1 Å². The Labute approximate surface area is 108 Å². The van der Waals surface area contributed by atoms with Gasteiger partial charge in [-0.25, -0.2) is 9.78 Å². The van der Waals surface area contributed by atoms with Gasteiger partial charge in [0.2, 0.25) is 0 Å². The van der Waals surface area contributed by atoms with Crippen molar-refractivity contribution in [3.05, 3.63) is 27.8 Å². The zero-order valence-corrected chi connectivity index (χ0v) is 11.0. The third-order valence-electron chi connectivity index (χ3n) is 2.55. The molecule has 0 radical (unpaired) electrons. The van der Waals surface area contributed by atoms with E-state index in [1.54, 1.807) is 36.2 Å². The van der Waals surface area contributed by atoms with Gasteiger partial charge in [-0.3, -0.25) is 4.68 Å². The van der Waals surface area contributed by atoms with Crippen LogP contribution in [0, 0.1) is 6.92 Å². The first-order valence-electron chi connectivity index (χ1n) is 5.48. The van der Waals surface area contributed by atoms with Gasteiger partial charge in [0.25, 0.3) is 0 Å². The summed E-state index contributed by atoms with van der Waals surface area (Å²) < 4.78 is 1.56. The molecule has 0 aliphatic heterocycles. The summed E-state index contributed by atoms with van der Waals surface area (Å²) in [5, 5.41) is 19.3. The van der Waals surface area contributed by atoms with Crippen molar-refractivity contribution >= 4 is 23.1 Å². The Morgan fingerprint density at radius 1 is 1.61 bits per heavy atom. The van der Waals surface area contributed by atoms with Crippen LogP contribution in [0.25, 0.3) is 0 Å². The molecule has 2 rings (SSSR count). The Bertz CT molecular complexity index is 548. The van der Waals surface area contributed by atoms with Gasteiger partial charge < -0.3 is 10.4 Å². The Hall–Kier alpha value is -1.89. The number of aromatic nitrogens is 3. The van der Waals surface area contributed by atoms with Crippen LogP contribution in [0.4, 0.5) is 5.82 Å². The minimum absolute atomic E-state index is 0.233. The number of hydrogen-bond donors (Lipinski definition) is 2. The highest BCUT2D eigenvalue weighted by molar-refractivity contribution is 7.09. The van der Waals surface area contributed by atoms with Crippen LogP contribution in [0.1, 0.15) is 21.1 Å². The lowest BCUT2D eigenvalue weighted by Crippen LogP contribution is -2.11. The maximum atomic E-state index is 11.1. The Kier molecular flexibility index (Phi) is 3.61. The SMILES string of the molecule is Cc1nn(C)c(NCCc2nccs2)c1C(=O)O. The van der Waals surface area contributed by atoms with Crippen molar-refractivity contribution in [3.8, 4) is 0 Å². The lowest BCUT2D eigenvalue weighted by molar-refractivity contribution is 0.0697. The molecule has 2 N–H and O–H groups in total. The Balaban J connectivity index is 2.07. The van der Waals surface area contributed by atoms with Crippen LogP contribution >= 0.6 is 11.3 Å². The second kappa shape index (κ2) is 5.18. The highest BCUT2D eigenvalue weighted by Gasteiger charge is 2.19. The van der Waals surface area contributed by atoms with E-state index in [0.717, 1.165) is 11.4 Å². The molecule has 2 aromatic rings. The summed E-state index contributed by atoms with van der Waals surface area (Å²) in [5.74, 6) is -0.422. The molecule has 0 atom stereocenters. The fourth-order valence-corrected chi connectivity index (χ4v) is 2.40. The lowest BCUT2D eigenvalue weighted by atomic mass is 10.2. The Morgan fingerprint density at radius 2 is 2.39 bits per heavy atom. The molecule has 0 unspecified atom stereocenters. The summed E-state index contributed by atoms with van der Waals surface area (Å²) in [6.45, 7) is 2.32. The maximum Gasteiger partial charge on any atom is 0.341 e. The van der Waals surface area contributed by atoms with E-state index in [1.165, 1.54) is 0 Å². The second-order valence-electron chi connectivity index (χ2n) is 3.84. The number of carboxylic acid groups (broad SMARTS) is 1. The van der Waals surface area contributed by atoms with E-state index in [1.807, 2.05) is 5.38 Å². The van der Waals surface area contributed by atoms with Gasteiger partial charge in [-0.05, 0) is 6.92 Å². The molecule has 96 valence electrons. The number of nitrogens with one attached hydrogen (secondary N) is 1. The van der Waals surface area contributed by atoms with Crippen molar-refractivity contribution in [1.82, 2.24) is 14.8 Å². The van der Waals surface area contributed by atoms with Gasteiger partial charge in [0.15, 0.2) is 0 Å². The lowest BCUT2D eigenvalue weighted by Gasteiger charge is -2.06. The molecule has 0 aromatic carbocycles. The summed E-state index contributed by atoms with van der Waals surface area (Å²) in [4.78, 5) is 15.3. The predicted octanol–water partition coefficient (Wildman–Crippen LogP) is 1.54. The van der Waals surface area contributed by atoms with Gasteiger partial charge in [0.05, 0.1) is 10.7 Å². The van der Waals surface area contributed by atoms with Crippen LogP contribution in [-0.2, 0) is 13.5 Å². The number of nitrogens with zero attached hydrogens (tertiary/aromatic N) is 3. The van der Waals surface area contributed by atoms with Crippen LogP contribution in [-0.4, -0.2) is 32.4 Å². The number of aromatic carboxylic acids is 1. The third kappa shape index (κ3) is 2.51. The number of carbonyl (C=O) groups is 1. The van der Waals surface area contributed by atoms with Crippen LogP contribution in [0.2, 0.25) is 0 Å². The molecule has 0 bridgehead atoms. The highest BCUT2D eigenvalue weighted by Crippen LogP contribution is 2.18.